The Bertz CT molecular complexity index is 1320. The van der Waals surface area contributed by atoms with Gasteiger partial charge in [-0.2, -0.15) is 0 Å². The number of nitrogens with one attached hydrogen (secondary N) is 1. The maximum atomic E-state index is 5.67. The van der Waals surface area contributed by atoms with E-state index in [1.165, 1.54) is 17.5 Å². The Hall–Kier alpha value is -3.57. The molecule has 4 aromatic rings. The van der Waals surface area contributed by atoms with Crippen molar-refractivity contribution in [3.63, 3.8) is 0 Å². The zero-order chi connectivity index (χ0) is 23.5. The normalized spacial score (nSPS) is 15.1. The summed E-state index contributed by atoms with van der Waals surface area (Å²) in [6.07, 6.45) is 3.47. The summed E-state index contributed by atoms with van der Waals surface area (Å²) in [5, 5.41) is 4.76. The molecular formula is C29H30N2O3. The molecule has 0 amide bonds. The first-order chi connectivity index (χ1) is 16.7. The van der Waals surface area contributed by atoms with E-state index in [0.717, 1.165) is 57.8 Å². The molecule has 34 heavy (non-hydrogen) atoms. The van der Waals surface area contributed by atoms with Gasteiger partial charge in [0, 0.05) is 23.5 Å². The summed E-state index contributed by atoms with van der Waals surface area (Å²) in [6.45, 7) is 0.689. The third-order valence-corrected chi connectivity index (χ3v) is 6.68. The number of nitrogens with zero attached hydrogens (tertiary/aromatic N) is 1. The number of ether oxygens (including phenoxy) is 3. The topological polar surface area (TPSA) is 52.6 Å². The lowest BCUT2D eigenvalue weighted by molar-refractivity contribution is 0.409. The summed E-state index contributed by atoms with van der Waals surface area (Å²) in [4.78, 5) is 5.11. The van der Waals surface area contributed by atoms with Crippen LogP contribution < -0.4 is 19.5 Å². The molecule has 0 radical (unpaired) electrons. The van der Waals surface area contributed by atoms with E-state index in [1.54, 1.807) is 21.3 Å². The van der Waals surface area contributed by atoms with E-state index in [2.05, 4.69) is 41.7 Å². The molecule has 5 heteroatoms. The highest BCUT2D eigenvalue weighted by Gasteiger charge is 2.21. The lowest BCUT2D eigenvalue weighted by Crippen LogP contribution is -2.25. The summed E-state index contributed by atoms with van der Waals surface area (Å²) in [7, 11) is 5.04. The van der Waals surface area contributed by atoms with Crippen molar-refractivity contribution >= 4 is 10.9 Å². The zero-order valence-corrected chi connectivity index (χ0v) is 19.9. The minimum Gasteiger partial charge on any atom is -0.497 e. The Morgan fingerprint density at radius 2 is 1.71 bits per heavy atom. The van der Waals surface area contributed by atoms with Crippen molar-refractivity contribution in [3.05, 3.63) is 83.4 Å². The van der Waals surface area contributed by atoms with Crippen LogP contribution in [0.2, 0.25) is 0 Å². The van der Waals surface area contributed by atoms with Crippen molar-refractivity contribution in [2.24, 2.45) is 0 Å². The van der Waals surface area contributed by atoms with Crippen LogP contribution in [0.4, 0.5) is 0 Å². The molecule has 1 aliphatic rings. The van der Waals surface area contributed by atoms with Crippen LogP contribution in [0.5, 0.6) is 17.2 Å². The summed E-state index contributed by atoms with van der Waals surface area (Å²) in [5.74, 6) is 2.31. The molecule has 0 aliphatic heterocycles. The number of fused-ring (bicyclic) bond motifs is 2. The number of aromatic nitrogens is 1. The molecule has 5 rings (SSSR count). The molecule has 174 valence electrons. The van der Waals surface area contributed by atoms with Gasteiger partial charge in [-0.1, -0.05) is 36.4 Å². The van der Waals surface area contributed by atoms with E-state index in [4.69, 9.17) is 19.2 Å². The third-order valence-electron chi connectivity index (χ3n) is 6.68. The van der Waals surface area contributed by atoms with Crippen LogP contribution in [0, 0.1) is 0 Å². The van der Waals surface area contributed by atoms with Crippen molar-refractivity contribution in [2.75, 3.05) is 21.3 Å². The van der Waals surface area contributed by atoms with Gasteiger partial charge in [0.15, 0.2) is 0 Å². The molecule has 0 saturated heterocycles. The number of hydrogen-bond donors (Lipinski definition) is 1. The van der Waals surface area contributed by atoms with Crippen molar-refractivity contribution in [3.8, 4) is 28.5 Å². The van der Waals surface area contributed by atoms with Gasteiger partial charge < -0.3 is 19.5 Å². The molecule has 1 heterocycles. The molecule has 1 N–H and O–H groups in total. The number of benzene rings is 3. The van der Waals surface area contributed by atoms with Gasteiger partial charge in [0.05, 0.1) is 27.0 Å². The fraction of sp³-hybridized carbons (Fsp3) is 0.276. The zero-order valence-electron chi connectivity index (χ0n) is 19.9. The molecule has 0 bridgehead atoms. The SMILES string of the molecule is COc1cccc(-c2nc3c(OC)ccc(OC)c3cc2CN[C@@H]2CCCc3ccccc32)c1. The second-order valence-corrected chi connectivity index (χ2v) is 8.62. The smallest absolute Gasteiger partial charge is 0.145 e. The quantitative estimate of drug-likeness (QED) is 0.366. The van der Waals surface area contributed by atoms with Crippen LogP contribution in [0.15, 0.2) is 66.7 Å². The molecule has 0 saturated carbocycles. The molecular weight excluding hydrogens is 424 g/mol. The Kier molecular flexibility index (Phi) is 6.37. The van der Waals surface area contributed by atoms with Gasteiger partial charge in [-0.15, -0.1) is 0 Å². The summed E-state index contributed by atoms with van der Waals surface area (Å²) in [6, 6.07) is 23.2. The first-order valence-electron chi connectivity index (χ1n) is 11.7. The Morgan fingerprint density at radius 3 is 2.53 bits per heavy atom. The van der Waals surface area contributed by atoms with Crippen LogP contribution in [-0.2, 0) is 13.0 Å². The van der Waals surface area contributed by atoms with Gasteiger partial charge in [-0.05, 0) is 66.3 Å². The van der Waals surface area contributed by atoms with Crippen LogP contribution in [0.1, 0.15) is 35.6 Å². The number of aryl methyl sites for hydroxylation is 1. The molecule has 0 spiro atoms. The minimum absolute atomic E-state index is 0.325. The van der Waals surface area contributed by atoms with E-state index < -0.39 is 0 Å². The molecule has 1 atom stereocenters. The summed E-state index contributed by atoms with van der Waals surface area (Å²) < 4.78 is 16.8. The molecule has 0 fully saturated rings. The highest BCUT2D eigenvalue weighted by atomic mass is 16.5. The third kappa shape index (κ3) is 4.19. The largest absolute Gasteiger partial charge is 0.497 e. The molecule has 0 unspecified atom stereocenters. The Labute approximate surface area is 200 Å². The maximum Gasteiger partial charge on any atom is 0.145 e. The van der Waals surface area contributed by atoms with Crippen LogP contribution in [0.25, 0.3) is 22.2 Å². The van der Waals surface area contributed by atoms with Gasteiger partial charge >= 0.3 is 0 Å². The van der Waals surface area contributed by atoms with E-state index in [1.807, 2.05) is 30.3 Å². The summed E-state index contributed by atoms with van der Waals surface area (Å²) >= 11 is 0. The second-order valence-electron chi connectivity index (χ2n) is 8.62. The van der Waals surface area contributed by atoms with Gasteiger partial charge in [0.1, 0.15) is 22.8 Å². The van der Waals surface area contributed by atoms with Crippen LogP contribution >= 0.6 is 0 Å². The number of hydrogen-bond acceptors (Lipinski definition) is 5. The predicted octanol–water partition coefficient (Wildman–Crippen LogP) is 6.09. The first kappa shape index (κ1) is 22.2. The van der Waals surface area contributed by atoms with Gasteiger partial charge in [0.2, 0.25) is 0 Å². The first-order valence-corrected chi connectivity index (χ1v) is 11.7. The maximum absolute atomic E-state index is 5.67. The lowest BCUT2D eigenvalue weighted by atomic mass is 9.87. The molecule has 1 aliphatic carbocycles. The highest BCUT2D eigenvalue weighted by molar-refractivity contribution is 5.93. The fourth-order valence-corrected chi connectivity index (χ4v) is 4.95. The predicted molar refractivity (Wildman–Crippen MR) is 136 cm³/mol. The second kappa shape index (κ2) is 9.74. The molecule has 5 nitrogen and oxygen atoms in total. The number of rotatable bonds is 7. The molecule has 1 aromatic heterocycles. The standard InChI is InChI=1S/C29H30N2O3/c1-32-22-11-6-10-20(16-22)28-21(17-24-26(33-2)14-15-27(34-3)29(24)31-28)18-30-25-13-7-9-19-8-4-5-12-23(19)25/h4-6,8,10-12,14-17,25,30H,7,9,13,18H2,1-3H3/t25-/m1/s1. The van der Waals surface area contributed by atoms with E-state index in [-0.39, 0.29) is 0 Å². The highest BCUT2D eigenvalue weighted by Crippen LogP contribution is 2.37. The minimum atomic E-state index is 0.325. The van der Waals surface area contributed by atoms with Crippen molar-refractivity contribution in [2.45, 2.75) is 31.8 Å². The van der Waals surface area contributed by atoms with Gasteiger partial charge in [0.25, 0.3) is 0 Å². The lowest BCUT2D eigenvalue weighted by Gasteiger charge is -2.27. The van der Waals surface area contributed by atoms with Crippen LogP contribution in [-0.4, -0.2) is 26.3 Å². The number of pyridine rings is 1. The van der Waals surface area contributed by atoms with Crippen molar-refractivity contribution in [1.82, 2.24) is 10.3 Å². The summed E-state index contributed by atoms with van der Waals surface area (Å²) in [5.41, 5.74) is 6.66. The average Bonchev–Trinajstić information content (AvgIpc) is 2.90. The van der Waals surface area contributed by atoms with Crippen LogP contribution in [0.3, 0.4) is 0 Å². The fourth-order valence-electron chi connectivity index (χ4n) is 4.95. The van der Waals surface area contributed by atoms with Gasteiger partial charge in [-0.3, -0.25) is 0 Å². The molecule has 3 aromatic carbocycles. The Balaban J connectivity index is 1.60. The van der Waals surface area contributed by atoms with E-state index in [0.29, 0.717) is 12.6 Å². The van der Waals surface area contributed by atoms with E-state index >= 15 is 0 Å². The monoisotopic (exact) mass is 454 g/mol. The van der Waals surface area contributed by atoms with Crippen molar-refractivity contribution in [1.29, 1.82) is 0 Å². The average molecular weight is 455 g/mol. The van der Waals surface area contributed by atoms with E-state index in [9.17, 15) is 0 Å². The van der Waals surface area contributed by atoms with Crippen molar-refractivity contribution < 1.29 is 14.2 Å². The van der Waals surface area contributed by atoms with Gasteiger partial charge in [-0.25, -0.2) is 4.98 Å². The number of methoxy groups -OCH3 is 3. The Morgan fingerprint density at radius 1 is 0.882 bits per heavy atom.